The number of nitrogens with one attached hydrogen (secondary N) is 1. The number of hydrogen-bond donors (Lipinski definition) is 1. The molecular formula is C18H19NO. The van der Waals surface area contributed by atoms with Crippen LogP contribution in [-0.4, -0.2) is 11.9 Å². The Morgan fingerprint density at radius 2 is 1.65 bits per heavy atom. The van der Waals surface area contributed by atoms with Crippen LogP contribution in [-0.2, 0) is 11.2 Å². The quantitative estimate of drug-likeness (QED) is 0.824. The van der Waals surface area contributed by atoms with E-state index in [1.807, 2.05) is 61.5 Å². The first-order valence-electron chi connectivity index (χ1n) is 6.81. The lowest BCUT2D eigenvalue weighted by Gasteiger charge is -2.12. The van der Waals surface area contributed by atoms with Gasteiger partial charge in [-0.1, -0.05) is 60.7 Å². The van der Waals surface area contributed by atoms with Crippen molar-refractivity contribution in [3.05, 3.63) is 77.9 Å². The molecule has 0 fully saturated rings. The van der Waals surface area contributed by atoms with Crippen LogP contribution in [0.15, 0.2) is 66.7 Å². The van der Waals surface area contributed by atoms with Gasteiger partial charge in [0.15, 0.2) is 0 Å². The minimum atomic E-state index is -0.0581. The Balaban J connectivity index is 1.84. The zero-order valence-corrected chi connectivity index (χ0v) is 11.6. The van der Waals surface area contributed by atoms with E-state index in [2.05, 4.69) is 17.4 Å². The maximum absolute atomic E-state index is 11.8. The number of rotatable bonds is 5. The molecule has 1 amide bonds. The monoisotopic (exact) mass is 265 g/mol. The highest BCUT2D eigenvalue weighted by atomic mass is 16.1. The lowest BCUT2D eigenvalue weighted by molar-refractivity contribution is -0.117. The highest BCUT2D eigenvalue weighted by Gasteiger charge is 2.05. The summed E-state index contributed by atoms with van der Waals surface area (Å²) >= 11 is 0. The maximum atomic E-state index is 11.8. The van der Waals surface area contributed by atoms with Crippen molar-refractivity contribution in [2.24, 2.45) is 0 Å². The fraction of sp³-hybridized carbons (Fsp3) is 0.167. The van der Waals surface area contributed by atoms with Crippen LogP contribution >= 0.6 is 0 Å². The standard InChI is InChI=1S/C18H19NO/c1-15(14-17-10-6-3-7-11-17)19-18(20)13-12-16-8-4-2-5-9-16/h2-13,15H,14H2,1H3,(H,19,20)/b13-12+. The number of hydrogen-bond acceptors (Lipinski definition) is 1. The minimum Gasteiger partial charge on any atom is -0.350 e. The van der Waals surface area contributed by atoms with Gasteiger partial charge in [-0.2, -0.15) is 0 Å². The van der Waals surface area contributed by atoms with Gasteiger partial charge in [-0.15, -0.1) is 0 Å². The highest BCUT2D eigenvalue weighted by molar-refractivity contribution is 5.91. The zero-order valence-electron chi connectivity index (χ0n) is 11.6. The summed E-state index contributed by atoms with van der Waals surface area (Å²) in [6, 6.07) is 20.1. The molecule has 1 unspecified atom stereocenters. The molecular weight excluding hydrogens is 246 g/mol. The summed E-state index contributed by atoms with van der Waals surface area (Å²) in [7, 11) is 0. The second kappa shape index (κ2) is 7.29. The van der Waals surface area contributed by atoms with Crippen LogP contribution in [0.2, 0.25) is 0 Å². The molecule has 0 aliphatic carbocycles. The van der Waals surface area contributed by atoms with Gasteiger partial charge >= 0.3 is 0 Å². The lowest BCUT2D eigenvalue weighted by Crippen LogP contribution is -2.32. The number of carbonyl (C=O) groups excluding carboxylic acids is 1. The summed E-state index contributed by atoms with van der Waals surface area (Å²) in [6.45, 7) is 2.02. The van der Waals surface area contributed by atoms with Crippen molar-refractivity contribution in [3.8, 4) is 0 Å². The Kier molecular flexibility index (Phi) is 5.13. The van der Waals surface area contributed by atoms with Crippen molar-refractivity contribution in [1.82, 2.24) is 5.32 Å². The van der Waals surface area contributed by atoms with Gasteiger partial charge in [0.05, 0.1) is 0 Å². The maximum Gasteiger partial charge on any atom is 0.244 e. The van der Waals surface area contributed by atoms with Crippen molar-refractivity contribution >= 4 is 12.0 Å². The second-order valence-corrected chi connectivity index (χ2v) is 4.84. The van der Waals surface area contributed by atoms with E-state index in [-0.39, 0.29) is 11.9 Å². The summed E-state index contributed by atoms with van der Waals surface area (Å²) in [4.78, 5) is 11.8. The van der Waals surface area contributed by atoms with E-state index in [0.717, 1.165) is 12.0 Å². The lowest BCUT2D eigenvalue weighted by atomic mass is 10.1. The first-order chi connectivity index (χ1) is 9.74. The predicted octanol–water partition coefficient (Wildman–Crippen LogP) is 3.45. The summed E-state index contributed by atoms with van der Waals surface area (Å²) in [5, 5.41) is 2.97. The van der Waals surface area contributed by atoms with Crippen molar-refractivity contribution < 1.29 is 4.79 Å². The van der Waals surface area contributed by atoms with Crippen molar-refractivity contribution in [1.29, 1.82) is 0 Å². The molecule has 0 aromatic heterocycles. The highest BCUT2D eigenvalue weighted by Crippen LogP contribution is 2.03. The molecule has 1 N–H and O–H groups in total. The average Bonchev–Trinajstić information content (AvgIpc) is 2.47. The van der Waals surface area contributed by atoms with Crippen LogP contribution in [0.4, 0.5) is 0 Å². The van der Waals surface area contributed by atoms with Crippen molar-refractivity contribution in [2.75, 3.05) is 0 Å². The molecule has 0 aliphatic rings. The average molecular weight is 265 g/mol. The number of carbonyl (C=O) groups is 1. The van der Waals surface area contributed by atoms with Crippen LogP contribution in [0.3, 0.4) is 0 Å². The summed E-state index contributed by atoms with van der Waals surface area (Å²) in [6.07, 6.45) is 4.24. The normalized spacial score (nSPS) is 12.2. The Labute approximate surface area is 120 Å². The van der Waals surface area contributed by atoms with Crippen LogP contribution in [0.1, 0.15) is 18.1 Å². The van der Waals surface area contributed by atoms with Crippen LogP contribution in [0, 0.1) is 0 Å². The smallest absolute Gasteiger partial charge is 0.244 e. The summed E-state index contributed by atoms with van der Waals surface area (Å²) < 4.78 is 0. The molecule has 2 heteroatoms. The van der Waals surface area contributed by atoms with Gasteiger partial charge in [0.1, 0.15) is 0 Å². The van der Waals surface area contributed by atoms with Gasteiger partial charge in [0, 0.05) is 12.1 Å². The molecule has 0 saturated carbocycles. The van der Waals surface area contributed by atoms with Gasteiger partial charge in [-0.3, -0.25) is 4.79 Å². The molecule has 2 aromatic rings. The van der Waals surface area contributed by atoms with Gasteiger partial charge < -0.3 is 5.32 Å². The van der Waals surface area contributed by atoms with Gasteiger partial charge in [-0.25, -0.2) is 0 Å². The fourth-order valence-electron chi connectivity index (χ4n) is 2.05. The van der Waals surface area contributed by atoms with Crippen LogP contribution in [0.25, 0.3) is 6.08 Å². The molecule has 0 spiro atoms. The molecule has 0 radical (unpaired) electrons. The topological polar surface area (TPSA) is 29.1 Å². The molecule has 2 aromatic carbocycles. The molecule has 1 atom stereocenters. The van der Waals surface area contributed by atoms with E-state index in [9.17, 15) is 4.79 Å². The zero-order chi connectivity index (χ0) is 14.2. The minimum absolute atomic E-state index is 0.0581. The third-order valence-electron chi connectivity index (χ3n) is 3.00. The Bertz CT molecular complexity index is 560. The van der Waals surface area contributed by atoms with Crippen molar-refractivity contribution in [2.45, 2.75) is 19.4 Å². The SMILES string of the molecule is CC(Cc1ccccc1)NC(=O)/C=C/c1ccccc1. The molecule has 0 heterocycles. The Morgan fingerprint density at radius 1 is 1.05 bits per heavy atom. The third-order valence-corrected chi connectivity index (χ3v) is 3.00. The van der Waals surface area contributed by atoms with E-state index < -0.39 is 0 Å². The van der Waals surface area contributed by atoms with E-state index in [1.54, 1.807) is 6.08 Å². The van der Waals surface area contributed by atoms with E-state index in [1.165, 1.54) is 5.56 Å². The molecule has 0 bridgehead atoms. The predicted molar refractivity (Wildman–Crippen MR) is 83.2 cm³/mol. The van der Waals surface area contributed by atoms with Gasteiger partial charge in [-0.05, 0) is 30.5 Å². The fourth-order valence-corrected chi connectivity index (χ4v) is 2.05. The number of amides is 1. The largest absolute Gasteiger partial charge is 0.350 e. The molecule has 0 aliphatic heterocycles. The van der Waals surface area contributed by atoms with E-state index >= 15 is 0 Å². The molecule has 102 valence electrons. The van der Waals surface area contributed by atoms with Crippen molar-refractivity contribution in [3.63, 3.8) is 0 Å². The van der Waals surface area contributed by atoms with Gasteiger partial charge in [0.2, 0.25) is 5.91 Å². The molecule has 20 heavy (non-hydrogen) atoms. The molecule has 2 nitrogen and oxygen atoms in total. The Hall–Kier alpha value is -2.35. The van der Waals surface area contributed by atoms with E-state index in [4.69, 9.17) is 0 Å². The van der Waals surface area contributed by atoms with Crippen LogP contribution in [0.5, 0.6) is 0 Å². The first kappa shape index (κ1) is 14.1. The Morgan fingerprint density at radius 3 is 2.30 bits per heavy atom. The van der Waals surface area contributed by atoms with Gasteiger partial charge in [0.25, 0.3) is 0 Å². The van der Waals surface area contributed by atoms with Crippen LogP contribution < -0.4 is 5.32 Å². The third kappa shape index (κ3) is 4.73. The first-order valence-corrected chi connectivity index (χ1v) is 6.81. The van der Waals surface area contributed by atoms with E-state index in [0.29, 0.717) is 0 Å². The number of benzene rings is 2. The summed E-state index contributed by atoms with van der Waals surface area (Å²) in [5.41, 5.74) is 2.26. The molecule has 2 rings (SSSR count). The summed E-state index contributed by atoms with van der Waals surface area (Å²) in [5.74, 6) is -0.0581. The molecule has 0 saturated heterocycles. The second-order valence-electron chi connectivity index (χ2n) is 4.84.